The number of likely N-dealkylation sites (tertiary alicyclic amines) is 1. The molecule has 152 valence electrons. The molecule has 1 aliphatic heterocycles. The first-order valence-corrected chi connectivity index (χ1v) is 9.69. The van der Waals surface area contributed by atoms with Gasteiger partial charge >= 0.3 is 0 Å². The lowest BCUT2D eigenvalue weighted by Crippen LogP contribution is -2.35. The summed E-state index contributed by atoms with van der Waals surface area (Å²) in [7, 11) is 0. The Morgan fingerprint density at radius 3 is 1.70 bits per heavy atom. The average Bonchev–Trinajstić information content (AvgIpc) is 3.34. The average molecular weight is 383 g/mol. The van der Waals surface area contributed by atoms with Crippen molar-refractivity contribution >= 4 is 11.8 Å². The molecule has 1 saturated heterocycles. The van der Waals surface area contributed by atoms with Gasteiger partial charge in [0.2, 0.25) is 11.8 Å². The van der Waals surface area contributed by atoms with Gasteiger partial charge in [-0.15, -0.1) is 0 Å². The molecule has 0 aromatic heterocycles. The summed E-state index contributed by atoms with van der Waals surface area (Å²) in [5.74, 6) is 0.178. The van der Waals surface area contributed by atoms with Crippen molar-refractivity contribution in [2.45, 2.75) is 6.42 Å². The number of carbonyl (C=O) groups excluding carboxylic acids is 2. The van der Waals surface area contributed by atoms with E-state index in [2.05, 4.69) is 12.2 Å². The van der Waals surface area contributed by atoms with E-state index < -0.39 is 0 Å². The summed E-state index contributed by atoms with van der Waals surface area (Å²) in [5, 5.41) is 8.54. The number of aliphatic hydroxyl groups excluding tert-OH is 1. The summed E-state index contributed by atoms with van der Waals surface area (Å²) in [6.07, 6.45) is 5.15. The molecule has 0 aromatic rings. The van der Waals surface area contributed by atoms with Gasteiger partial charge in [-0.3, -0.25) is 14.5 Å². The van der Waals surface area contributed by atoms with Crippen molar-refractivity contribution in [2.75, 3.05) is 66.0 Å². The van der Waals surface area contributed by atoms with Crippen LogP contribution in [0.1, 0.15) is 6.42 Å². The first-order valence-electron chi connectivity index (χ1n) is 9.69. The highest BCUT2D eigenvalue weighted by molar-refractivity contribution is 6.06. The fourth-order valence-corrected chi connectivity index (χ4v) is 4.17. The zero-order chi connectivity index (χ0) is 19.1. The maximum atomic E-state index is 12.5. The predicted molar refractivity (Wildman–Crippen MR) is 94.8 cm³/mol. The molecule has 0 radical (unpaired) electrons. The van der Waals surface area contributed by atoms with Crippen LogP contribution in [0.15, 0.2) is 12.2 Å². The van der Waals surface area contributed by atoms with E-state index in [1.54, 1.807) is 0 Å². The van der Waals surface area contributed by atoms with Crippen molar-refractivity contribution in [3.05, 3.63) is 12.2 Å². The van der Waals surface area contributed by atoms with Crippen LogP contribution in [-0.4, -0.2) is 87.8 Å². The van der Waals surface area contributed by atoms with E-state index in [-0.39, 0.29) is 42.1 Å². The smallest absolute Gasteiger partial charge is 0.233 e. The predicted octanol–water partition coefficient (Wildman–Crippen LogP) is -0.148. The van der Waals surface area contributed by atoms with Gasteiger partial charge in [-0.05, 0) is 18.3 Å². The van der Waals surface area contributed by atoms with Crippen molar-refractivity contribution < 1.29 is 33.6 Å². The minimum atomic E-state index is -0.134. The zero-order valence-corrected chi connectivity index (χ0v) is 15.6. The van der Waals surface area contributed by atoms with E-state index in [0.29, 0.717) is 59.4 Å². The van der Waals surface area contributed by atoms with Crippen LogP contribution < -0.4 is 0 Å². The third kappa shape index (κ3) is 4.94. The van der Waals surface area contributed by atoms with Gasteiger partial charge in [0, 0.05) is 0 Å². The summed E-state index contributed by atoms with van der Waals surface area (Å²) >= 11 is 0. The van der Waals surface area contributed by atoms with Crippen molar-refractivity contribution in [2.24, 2.45) is 23.7 Å². The lowest BCUT2D eigenvalue weighted by Gasteiger charge is -2.17. The maximum absolute atomic E-state index is 12.5. The minimum Gasteiger partial charge on any atom is -0.394 e. The van der Waals surface area contributed by atoms with Crippen LogP contribution in [0.4, 0.5) is 0 Å². The second kappa shape index (κ2) is 10.3. The first kappa shape index (κ1) is 20.4. The van der Waals surface area contributed by atoms with E-state index in [1.165, 1.54) is 4.90 Å². The van der Waals surface area contributed by atoms with E-state index in [1.807, 2.05) is 0 Å². The van der Waals surface area contributed by atoms with Crippen molar-refractivity contribution in [3.8, 4) is 0 Å². The van der Waals surface area contributed by atoms with Gasteiger partial charge in [0.1, 0.15) is 0 Å². The summed E-state index contributed by atoms with van der Waals surface area (Å²) in [4.78, 5) is 26.4. The van der Waals surface area contributed by atoms with Gasteiger partial charge in [0.25, 0.3) is 0 Å². The molecule has 1 N–H and O–H groups in total. The molecule has 0 aromatic carbocycles. The molecule has 8 heteroatoms. The Morgan fingerprint density at radius 2 is 1.22 bits per heavy atom. The number of ether oxygens (including phenoxy) is 4. The lowest BCUT2D eigenvalue weighted by atomic mass is 9.85. The van der Waals surface area contributed by atoms with Crippen LogP contribution in [0, 0.1) is 23.7 Å². The third-order valence-electron chi connectivity index (χ3n) is 5.37. The van der Waals surface area contributed by atoms with Gasteiger partial charge in [-0.25, -0.2) is 0 Å². The molecule has 0 spiro atoms. The van der Waals surface area contributed by atoms with Crippen molar-refractivity contribution in [1.29, 1.82) is 0 Å². The van der Waals surface area contributed by atoms with Gasteiger partial charge in [-0.1, -0.05) is 12.2 Å². The highest BCUT2D eigenvalue weighted by atomic mass is 16.6. The van der Waals surface area contributed by atoms with Gasteiger partial charge < -0.3 is 24.1 Å². The first-order chi connectivity index (χ1) is 13.2. The molecule has 1 heterocycles. The second-order valence-electron chi connectivity index (χ2n) is 7.00. The summed E-state index contributed by atoms with van der Waals surface area (Å²) in [6, 6.07) is 0. The highest BCUT2D eigenvalue weighted by Crippen LogP contribution is 2.52. The summed E-state index contributed by atoms with van der Waals surface area (Å²) < 4.78 is 21.2. The number of aliphatic hydroxyl groups is 1. The van der Waals surface area contributed by atoms with Crippen LogP contribution >= 0.6 is 0 Å². The number of nitrogens with zero attached hydrogens (tertiary/aromatic N) is 1. The third-order valence-corrected chi connectivity index (χ3v) is 5.37. The Balaban J connectivity index is 1.18. The molecule has 2 bridgehead atoms. The molecular weight excluding hydrogens is 354 g/mol. The monoisotopic (exact) mass is 383 g/mol. The molecule has 4 unspecified atom stereocenters. The number of hydrogen-bond acceptors (Lipinski definition) is 7. The van der Waals surface area contributed by atoms with E-state index >= 15 is 0 Å². The number of imide groups is 1. The Bertz CT molecular complexity index is 508. The lowest BCUT2D eigenvalue weighted by molar-refractivity contribution is -0.141. The number of rotatable bonds is 14. The fraction of sp³-hybridized carbons (Fsp3) is 0.789. The standard InChI is InChI=1S/C19H29NO7/c21-4-6-25-8-10-27-12-11-26-9-7-24-5-3-20-18(22)16-14-1-2-15(13-14)17(16)19(20)23/h1-2,14-17,21H,3-13H2. The highest BCUT2D eigenvalue weighted by Gasteiger charge is 2.58. The molecule has 8 nitrogen and oxygen atoms in total. The summed E-state index contributed by atoms with van der Waals surface area (Å²) in [5.41, 5.74) is 0. The van der Waals surface area contributed by atoms with E-state index in [0.717, 1.165) is 6.42 Å². The Labute approximate surface area is 159 Å². The Hall–Kier alpha value is -1.32. The van der Waals surface area contributed by atoms with Crippen LogP contribution in [0.25, 0.3) is 0 Å². The molecule has 3 rings (SSSR count). The molecular formula is C19H29NO7. The van der Waals surface area contributed by atoms with Gasteiger partial charge in [-0.2, -0.15) is 0 Å². The van der Waals surface area contributed by atoms with Crippen LogP contribution in [0.2, 0.25) is 0 Å². The second-order valence-corrected chi connectivity index (χ2v) is 7.00. The zero-order valence-electron chi connectivity index (χ0n) is 15.6. The minimum absolute atomic E-state index is 0.0165. The Kier molecular flexibility index (Phi) is 7.78. The van der Waals surface area contributed by atoms with Crippen molar-refractivity contribution in [1.82, 2.24) is 4.90 Å². The van der Waals surface area contributed by atoms with Crippen LogP contribution in [0.3, 0.4) is 0 Å². The summed E-state index contributed by atoms with van der Waals surface area (Å²) in [6.45, 7) is 3.70. The SMILES string of the molecule is O=C1C2C3C=CC(C3)C2C(=O)N1CCOCCOCCOCCOCCO. The molecule has 2 amide bonds. The largest absolute Gasteiger partial charge is 0.394 e. The van der Waals surface area contributed by atoms with E-state index in [4.69, 9.17) is 24.1 Å². The maximum Gasteiger partial charge on any atom is 0.233 e. The molecule has 4 atom stereocenters. The number of amides is 2. The van der Waals surface area contributed by atoms with Crippen molar-refractivity contribution in [3.63, 3.8) is 0 Å². The quantitative estimate of drug-likeness (QED) is 0.253. The Morgan fingerprint density at radius 1 is 0.778 bits per heavy atom. The molecule has 27 heavy (non-hydrogen) atoms. The van der Waals surface area contributed by atoms with Crippen LogP contribution in [-0.2, 0) is 28.5 Å². The molecule has 2 fully saturated rings. The topological polar surface area (TPSA) is 94.5 Å². The number of hydrogen-bond donors (Lipinski definition) is 1. The van der Waals surface area contributed by atoms with E-state index in [9.17, 15) is 9.59 Å². The number of fused-ring (bicyclic) bond motifs is 5. The van der Waals surface area contributed by atoms with Gasteiger partial charge in [0.15, 0.2) is 0 Å². The molecule has 2 aliphatic carbocycles. The van der Waals surface area contributed by atoms with Gasteiger partial charge in [0.05, 0.1) is 77.8 Å². The normalized spacial score (nSPS) is 28.6. The number of carbonyl (C=O) groups is 2. The van der Waals surface area contributed by atoms with Crippen LogP contribution in [0.5, 0.6) is 0 Å². The number of allylic oxidation sites excluding steroid dienone is 2. The molecule has 3 aliphatic rings. The fourth-order valence-electron chi connectivity index (χ4n) is 4.17. The molecule has 1 saturated carbocycles.